The molecule has 0 unspecified atom stereocenters. The Hall–Kier alpha value is -3.47. The lowest BCUT2D eigenvalue weighted by Crippen LogP contribution is -2.52. The molecule has 2 amide bonds. The van der Waals surface area contributed by atoms with Crippen LogP contribution in [0.1, 0.15) is 52.4 Å². The van der Waals surface area contributed by atoms with Crippen molar-refractivity contribution < 1.29 is 9.59 Å². The molecular weight excluding hydrogens is 398 g/mol. The fourth-order valence-corrected chi connectivity index (χ4v) is 5.00. The van der Waals surface area contributed by atoms with Gasteiger partial charge in [0.05, 0.1) is 6.04 Å². The third kappa shape index (κ3) is 3.91. The molecule has 5 heteroatoms. The molecule has 0 bridgehead atoms. The SMILES string of the molecule is O=C1c2ccccc2CN1[C@@H](Cc1ccccc1)C(=O)N1CCCC[C@H]1c1cccnc1. The summed E-state index contributed by atoms with van der Waals surface area (Å²) in [4.78, 5) is 35.4. The summed E-state index contributed by atoms with van der Waals surface area (Å²) in [7, 11) is 0. The van der Waals surface area contributed by atoms with Gasteiger partial charge in [0.15, 0.2) is 0 Å². The van der Waals surface area contributed by atoms with Crippen LogP contribution >= 0.6 is 0 Å². The number of hydrogen-bond donors (Lipinski definition) is 0. The lowest BCUT2D eigenvalue weighted by Gasteiger charge is -2.40. The summed E-state index contributed by atoms with van der Waals surface area (Å²) in [6, 6.07) is 21.1. The third-order valence-electron chi connectivity index (χ3n) is 6.64. The Kier molecular flexibility index (Phi) is 5.71. The van der Waals surface area contributed by atoms with Crippen LogP contribution in [0.15, 0.2) is 79.1 Å². The van der Waals surface area contributed by atoms with Crippen molar-refractivity contribution in [3.8, 4) is 0 Å². The summed E-state index contributed by atoms with van der Waals surface area (Å²) in [5.41, 5.74) is 3.83. The molecule has 1 aromatic heterocycles. The molecule has 5 nitrogen and oxygen atoms in total. The molecule has 2 aromatic carbocycles. The van der Waals surface area contributed by atoms with E-state index >= 15 is 0 Å². The number of amides is 2. The number of likely N-dealkylation sites (tertiary alicyclic amines) is 1. The van der Waals surface area contributed by atoms with E-state index in [1.54, 1.807) is 11.1 Å². The highest BCUT2D eigenvalue weighted by atomic mass is 16.2. The minimum absolute atomic E-state index is 0.00306. The third-order valence-corrected chi connectivity index (χ3v) is 6.64. The zero-order chi connectivity index (χ0) is 21.9. The zero-order valence-corrected chi connectivity index (χ0v) is 18.1. The van der Waals surface area contributed by atoms with Crippen LogP contribution in [-0.4, -0.2) is 39.2 Å². The Labute approximate surface area is 188 Å². The van der Waals surface area contributed by atoms with Gasteiger partial charge in [0.2, 0.25) is 5.91 Å². The first kappa shape index (κ1) is 20.4. The van der Waals surface area contributed by atoms with E-state index in [1.165, 1.54) is 0 Å². The van der Waals surface area contributed by atoms with E-state index in [0.717, 1.165) is 36.0 Å². The van der Waals surface area contributed by atoms with Gasteiger partial charge in [0, 0.05) is 37.5 Å². The van der Waals surface area contributed by atoms with Crippen molar-refractivity contribution in [2.24, 2.45) is 0 Å². The van der Waals surface area contributed by atoms with Crippen molar-refractivity contribution in [3.05, 3.63) is 101 Å². The number of aromatic nitrogens is 1. The molecule has 1 saturated heterocycles. The molecular formula is C27H27N3O2. The summed E-state index contributed by atoms with van der Waals surface area (Å²) < 4.78 is 0. The second-order valence-corrected chi connectivity index (χ2v) is 8.63. The standard InChI is InChI=1S/C27H27N3O2/c31-26-23-13-5-4-11-22(23)19-30(26)25(17-20-9-2-1-3-10-20)27(32)29-16-7-6-14-24(29)21-12-8-15-28-18-21/h1-5,8-13,15,18,24-25H,6-7,14,16-17,19H2/t24-,25-/m0/s1. The van der Waals surface area contributed by atoms with Crippen LogP contribution in [0.4, 0.5) is 0 Å². The summed E-state index contributed by atoms with van der Waals surface area (Å²) in [6.07, 6.45) is 7.12. The minimum Gasteiger partial charge on any atom is -0.334 e. The van der Waals surface area contributed by atoms with Crippen LogP contribution in [0.25, 0.3) is 0 Å². The normalized spacial score (nSPS) is 19.0. The highest BCUT2D eigenvalue weighted by Crippen LogP contribution is 2.33. The van der Waals surface area contributed by atoms with Crippen LogP contribution in [0.2, 0.25) is 0 Å². The number of nitrogens with zero attached hydrogens (tertiary/aromatic N) is 3. The van der Waals surface area contributed by atoms with Gasteiger partial charge in [-0.05, 0) is 48.1 Å². The molecule has 3 aromatic rings. The second-order valence-electron chi connectivity index (χ2n) is 8.63. The average Bonchev–Trinajstić information content (AvgIpc) is 3.19. The van der Waals surface area contributed by atoms with Crippen LogP contribution in [0.3, 0.4) is 0 Å². The first-order chi connectivity index (χ1) is 15.7. The number of carbonyl (C=O) groups excluding carboxylic acids is 2. The molecule has 0 spiro atoms. The van der Waals surface area contributed by atoms with Crippen molar-refractivity contribution in [1.82, 2.24) is 14.8 Å². The number of fused-ring (bicyclic) bond motifs is 1. The Bertz CT molecular complexity index is 1100. The molecule has 0 N–H and O–H groups in total. The molecule has 0 radical (unpaired) electrons. The smallest absolute Gasteiger partial charge is 0.255 e. The highest BCUT2D eigenvalue weighted by Gasteiger charge is 2.40. The average molecular weight is 426 g/mol. The number of hydrogen-bond acceptors (Lipinski definition) is 3. The first-order valence-electron chi connectivity index (χ1n) is 11.4. The summed E-state index contributed by atoms with van der Waals surface area (Å²) in [6.45, 7) is 1.18. The van der Waals surface area contributed by atoms with Gasteiger partial charge in [-0.1, -0.05) is 54.6 Å². The van der Waals surface area contributed by atoms with Crippen LogP contribution in [0.5, 0.6) is 0 Å². The van der Waals surface area contributed by atoms with Crippen molar-refractivity contribution in [2.75, 3.05) is 6.54 Å². The van der Waals surface area contributed by atoms with E-state index in [2.05, 4.69) is 4.98 Å². The molecule has 0 aliphatic carbocycles. The number of pyridine rings is 1. The van der Waals surface area contributed by atoms with Gasteiger partial charge in [-0.15, -0.1) is 0 Å². The summed E-state index contributed by atoms with van der Waals surface area (Å²) in [5.74, 6) is -0.0200. The lowest BCUT2D eigenvalue weighted by atomic mass is 9.94. The van der Waals surface area contributed by atoms with E-state index < -0.39 is 6.04 Å². The zero-order valence-electron chi connectivity index (χ0n) is 18.1. The molecule has 1 fully saturated rings. The Morgan fingerprint density at radius 3 is 2.59 bits per heavy atom. The maximum Gasteiger partial charge on any atom is 0.255 e. The fourth-order valence-electron chi connectivity index (χ4n) is 5.00. The Balaban J connectivity index is 1.48. The van der Waals surface area contributed by atoms with Gasteiger partial charge in [0.25, 0.3) is 5.91 Å². The highest BCUT2D eigenvalue weighted by molar-refractivity contribution is 6.01. The quantitative estimate of drug-likeness (QED) is 0.609. The maximum absolute atomic E-state index is 14.1. The number of benzene rings is 2. The van der Waals surface area contributed by atoms with E-state index in [9.17, 15) is 9.59 Å². The molecule has 3 heterocycles. The van der Waals surface area contributed by atoms with Crippen LogP contribution < -0.4 is 0 Å². The van der Waals surface area contributed by atoms with Gasteiger partial charge < -0.3 is 9.80 Å². The minimum atomic E-state index is -0.533. The first-order valence-corrected chi connectivity index (χ1v) is 11.4. The fraction of sp³-hybridized carbons (Fsp3) is 0.296. The topological polar surface area (TPSA) is 53.5 Å². The predicted molar refractivity (Wildman–Crippen MR) is 123 cm³/mol. The summed E-state index contributed by atoms with van der Waals surface area (Å²) >= 11 is 0. The van der Waals surface area contributed by atoms with Gasteiger partial charge in [-0.2, -0.15) is 0 Å². The van der Waals surface area contributed by atoms with Gasteiger partial charge in [-0.25, -0.2) is 0 Å². The molecule has 5 rings (SSSR count). The number of piperidine rings is 1. The molecule has 32 heavy (non-hydrogen) atoms. The Morgan fingerprint density at radius 1 is 1.00 bits per heavy atom. The van der Waals surface area contributed by atoms with Crippen molar-refractivity contribution in [1.29, 1.82) is 0 Å². The van der Waals surface area contributed by atoms with Crippen molar-refractivity contribution >= 4 is 11.8 Å². The molecule has 2 aliphatic rings. The predicted octanol–water partition coefficient (Wildman–Crippen LogP) is 4.40. The summed E-state index contributed by atoms with van der Waals surface area (Å²) in [5, 5.41) is 0. The van der Waals surface area contributed by atoms with Crippen LogP contribution in [-0.2, 0) is 17.8 Å². The molecule has 2 atom stereocenters. The molecule has 2 aliphatic heterocycles. The monoisotopic (exact) mass is 425 g/mol. The van der Waals surface area contributed by atoms with E-state index in [4.69, 9.17) is 0 Å². The van der Waals surface area contributed by atoms with E-state index in [0.29, 0.717) is 25.1 Å². The van der Waals surface area contributed by atoms with Gasteiger partial charge in [-0.3, -0.25) is 14.6 Å². The van der Waals surface area contributed by atoms with E-state index in [1.807, 2.05) is 77.8 Å². The largest absolute Gasteiger partial charge is 0.334 e. The Morgan fingerprint density at radius 2 is 1.81 bits per heavy atom. The van der Waals surface area contributed by atoms with E-state index in [-0.39, 0.29) is 17.9 Å². The maximum atomic E-state index is 14.1. The number of rotatable bonds is 5. The van der Waals surface area contributed by atoms with Gasteiger partial charge in [0.1, 0.15) is 6.04 Å². The van der Waals surface area contributed by atoms with Gasteiger partial charge >= 0.3 is 0 Å². The molecule has 162 valence electrons. The lowest BCUT2D eigenvalue weighted by molar-refractivity contribution is -0.140. The van der Waals surface area contributed by atoms with Crippen molar-refractivity contribution in [2.45, 2.75) is 44.3 Å². The van der Waals surface area contributed by atoms with Crippen molar-refractivity contribution in [3.63, 3.8) is 0 Å². The molecule has 0 saturated carbocycles. The number of carbonyl (C=O) groups is 2. The van der Waals surface area contributed by atoms with Crippen LogP contribution in [0, 0.1) is 0 Å². The second kappa shape index (κ2) is 8.95.